The molecule has 0 saturated carbocycles. The molecule has 0 bridgehead atoms. The van der Waals surface area contributed by atoms with E-state index in [-0.39, 0.29) is 23.0 Å². The minimum absolute atomic E-state index is 0.118. The number of nitriles is 1. The third-order valence-electron chi connectivity index (χ3n) is 4.15. The number of carbonyl (C=O) groups is 1. The van der Waals surface area contributed by atoms with Crippen LogP contribution in [0.25, 0.3) is 20.7 Å². The molecule has 28 heavy (non-hydrogen) atoms. The van der Waals surface area contributed by atoms with Crippen LogP contribution in [0.15, 0.2) is 35.8 Å². The summed E-state index contributed by atoms with van der Waals surface area (Å²) in [4.78, 5) is 22.9. The number of anilines is 3. The van der Waals surface area contributed by atoms with Gasteiger partial charge in [0.15, 0.2) is 0 Å². The van der Waals surface area contributed by atoms with Crippen molar-refractivity contribution in [2.75, 3.05) is 16.8 Å². The van der Waals surface area contributed by atoms with Gasteiger partial charge < -0.3 is 16.8 Å². The molecule has 0 aliphatic heterocycles. The highest BCUT2D eigenvalue weighted by molar-refractivity contribution is 7.21. The monoisotopic (exact) mass is 406 g/mol. The number of nitrogens with one attached hydrogen (secondary N) is 1. The zero-order valence-corrected chi connectivity index (χ0v) is 16.3. The molecule has 5 N–H and O–H groups in total. The molecule has 7 nitrogen and oxygen atoms in total. The molecule has 138 valence electrons. The van der Waals surface area contributed by atoms with Crippen LogP contribution in [0.4, 0.5) is 17.3 Å². The Morgan fingerprint density at radius 2 is 2.14 bits per heavy atom. The van der Waals surface area contributed by atoms with Gasteiger partial charge in [-0.3, -0.25) is 4.79 Å². The SMILES string of the molecule is Cc1ccnc(NC(=O)c2sc3nc(N)c(C#N)c(-c4cccs4)c3c2N)c1. The summed E-state index contributed by atoms with van der Waals surface area (Å²) >= 11 is 2.60. The van der Waals surface area contributed by atoms with Crippen molar-refractivity contribution in [3.63, 3.8) is 0 Å². The number of nitrogens with zero attached hydrogens (tertiary/aromatic N) is 3. The van der Waals surface area contributed by atoms with Crippen LogP contribution in [-0.4, -0.2) is 15.9 Å². The number of pyridine rings is 2. The Morgan fingerprint density at radius 1 is 1.32 bits per heavy atom. The van der Waals surface area contributed by atoms with Gasteiger partial charge in [-0.05, 0) is 36.1 Å². The molecule has 0 saturated heterocycles. The average molecular weight is 406 g/mol. The van der Waals surface area contributed by atoms with E-state index in [1.807, 2.05) is 30.5 Å². The highest BCUT2D eigenvalue weighted by atomic mass is 32.1. The molecule has 9 heteroatoms. The van der Waals surface area contributed by atoms with Gasteiger partial charge in [0.1, 0.15) is 33.0 Å². The standard InChI is InChI=1S/C19H14N6OS2/c1-9-4-5-23-12(7-9)24-18(26)16-15(21)14-13(11-3-2-6-27-11)10(8-20)17(22)25-19(14)28-16/h2-7H,21H2,1H3,(H2,22,25)(H,23,24,26). The van der Waals surface area contributed by atoms with E-state index in [0.717, 1.165) is 21.8 Å². The average Bonchev–Trinajstić information content (AvgIpc) is 3.29. The van der Waals surface area contributed by atoms with Crippen LogP contribution in [0, 0.1) is 18.3 Å². The number of hydrogen-bond donors (Lipinski definition) is 3. The topological polar surface area (TPSA) is 131 Å². The summed E-state index contributed by atoms with van der Waals surface area (Å²) in [5.41, 5.74) is 14.5. The van der Waals surface area contributed by atoms with Crippen LogP contribution in [0.5, 0.6) is 0 Å². The molecule has 0 fully saturated rings. The molecular formula is C19H14N6OS2. The normalized spacial score (nSPS) is 10.7. The molecule has 4 rings (SSSR count). The van der Waals surface area contributed by atoms with E-state index in [0.29, 0.717) is 26.5 Å². The zero-order valence-electron chi connectivity index (χ0n) is 14.7. The van der Waals surface area contributed by atoms with E-state index in [1.165, 1.54) is 11.3 Å². The Bertz CT molecular complexity index is 1250. The number of carbonyl (C=O) groups excluding carboxylic acids is 1. The summed E-state index contributed by atoms with van der Waals surface area (Å²) in [5, 5.41) is 14.8. The molecule has 0 atom stereocenters. The Labute approximate surface area is 168 Å². The van der Waals surface area contributed by atoms with E-state index >= 15 is 0 Å². The summed E-state index contributed by atoms with van der Waals surface area (Å²) in [5.74, 6) is 0.172. The third-order valence-corrected chi connectivity index (χ3v) is 6.13. The van der Waals surface area contributed by atoms with Gasteiger partial charge in [0.2, 0.25) is 0 Å². The fraction of sp³-hybridized carbons (Fsp3) is 0.0526. The number of hydrogen-bond acceptors (Lipinski definition) is 8. The number of aryl methyl sites for hydroxylation is 1. The number of rotatable bonds is 3. The summed E-state index contributed by atoms with van der Waals surface area (Å²) < 4.78 is 0. The van der Waals surface area contributed by atoms with Gasteiger partial charge in [0.25, 0.3) is 5.91 Å². The smallest absolute Gasteiger partial charge is 0.269 e. The number of aromatic nitrogens is 2. The second-order valence-electron chi connectivity index (χ2n) is 6.03. The lowest BCUT2D eigenvalue weighted by Gasteiger charge is -2.07. The minimum atomic E-state index is -0.382. The molecule has 1 amide bonds. The fourth-order valence-corrected chi connectivity index (χ4v) is 4.69. The van der Waals surface area contributed by atoms with Gasteiger partial charge in [0, 0.05) is 22.0 Å². The second-order valence-corrected chi connectivity index (χ2v) is 7.98. The van der Waals surface area contributed by atoms with E-state index in [4.69, 9.17) is 11.5 Å². The Balaban J connectivity index is 1.88. The number of nitrogens with two attached hydrogens (primary N) is 2. The molecule has 0 aliphatic rings. The van der Waals surface area contributed by atoms with E-state index in [9.17, 15) is 10.1 Å². The van der Waals surface area contributed by atoms with Gasteiger partial charge in [-0.25, -0.2) is 9.97 Å². The van der Waals surface area contributed by atoms with Crippen molar-refractivity contribution in [3.05, 3.63) is 51.8 Å². The van der Waals surface area contributed by atoms with Gasteiger partial charge >= 0.3 is 0 Å². The molecule has 0 aliphatic carbocycles. The predicted octanol–water partition coefficient (Wildman–Crippen LogP) is 4.02. The lowest BCUT2D eigenvalue weighted by Crippen LogP contribution is -2.13. The van der Waals surface area contributed by atoms with Crippen LogP contribution in [0.2, 0.25) is 0 Å². The predicted molar refractivity (Wildman–Crippen MR) is 113 cm³/mol. The lowest BCUT2D eigenvalue weighted by molar-refractivity contribution is 0.103. The largest absolute Gasteiger partial charge is 0.397 e. The molecule has 4 aromatic heterocycles. The van der Waals surface area contributed by atoms with Gasteiger partial charge in [-0.1, -0.05) is 6.07 Å². The first kappa shape index (κ1) is 17.9. The van der Waals surface area contributed by atoms with Gasteiger partial charge in [0.05, 0.1) is 5.69 Å². The molecule has 4 heterocycles. The van der Waals surface area contributed by atoms with Crippen molar-refractivity contribution in [1.82, 2.24) is 9.97 Å². The first-order valence-corrected chi connectivity index (χ1v) is 9.88. The molecule has 0 radical (unpaired) electrons. The number of thiophene rings is 2. The van der Waals surface area contributed by atoms with E-state index in [1.54, 1.807) is 12.3 Å². The number of fused-ring (bicyclic) bond motifs is 1. The Kier molecular flexibility index (Phi) is 4.43. The van der Waals surface area contributed by atoms with Crippen LogP contribution in [0.3, 0.4) is 0 Å². The van der Waals surface area contributed by atoms with Crippen molar-refractivity contribution < 1.29 is 4.79 Å². The van der Waals surface area contributed by atoms with Crippen LogP contribution in [0.1, 0.15) is 20.8 Å². The van der Waals surface area contributed by atoms with Crippen molar-refractivity contribution >= 4 is 56.1 Å². The van der Waals surface area contributed by atoms with Crippen molar-refractivity contribution in [1.29, 1.82) is 5.26 Å². The van der Waals surface area contributed by atoms with Crippen molar-refractivity contribution in [3.8, 4) is 16.5 Å². The Morgan fingerprint density at radius 3 is 2.82 bits per heavy atom. The molecular weight excluding hydrogens is 392 g/mol. The Hall–Kier alpha value is -3.48. The summed E-state index contributed by atoms with van der Waals surface area (Å²) in [6.45, 7) is 1.91. The van der Waals surface area contributed by atoms with Gasteiger partial charge in [-0.2, -0.15) is 5.26 Å². The fourth-order valence-electron chi connectivity index (χ4n) is 2.90. The summed E-state index contributed by atoms with van der Waals surface area (Å²) in [6.07, 6.45) is 1.62. The van der Waals surface area contributed by atoms with Crippen LogP contribution >= 0.6 is 22.7 Å². The minimum Gasteiger partial charge on any atom is -0.397 e. The third kappa shape index (κ3) is 2.94. The second kappa shape index (κ2) is 6.92. The number of nitrogen functional groups attached to an aromatic ring is 2. The van der Waals surface area contributed by atoms with Gasteiger partial charge in [-0.15, -0.1) is 22.7 Å². The highest BCUT2D eigenvalue weighted by Gasteiger charge is 2.24. The molecule has 4 aromatic rings. The maximum Gasteiger partial charge on any atom is 0.269 e. The van der Waals surface area contributed by atoms with Crippen LogP contribution < -0.4 is 16.8 Å². The van der Waals surface area contributed by atoms with Crippen molar-refractivity contribution in [2.45, 2.75) is 6.92 Å². The maximum absolute atomic E-state index is 12.8. The molecule has 0 spiro atoms. The first-order chi connectivity index (χ1) is 13.5. The molecule has 0 unspecified atom stereocenters. The quantitative estimate of drug-likeness (QED) is 0.471. The lowest BCUT2D eigenvalue weighted by atomic mass is 10.0. The zero-order chi connectivity index (χ0) is 19.8. The number of amides is 1. The molecule has 0 aromatic carbocycles. The summed E-state index contributed by atoms with van der Waals surface area (Å²) in [7, 11) is 0. The maximum atomic E-state index is 12.8. The van der Waals surface area contributed by atoms with Crippen molar-refractivity contribution in [2.24, 2.45) is 0 Å². The first-order valence-electron chi connectivity index (χ1n) is 8.19. The van der Waals surface area contributed by atoms with E-state index < -0.39 is 0 Å². The van der Waals surface area contributed by atoms with E-state index in [2.05, 4.69) is 21.4 Å². The van der Waals surface area contributed by atoms with Crippen LogP contribution in [-0.2, 0) is 0 Å². The summed E-state index contributed by atoms with van der Waals surface area (Å²) in [6, 6.07) is 9.48. The highest BCUT2D eigenvalue weighted by Crippen LogP contribution is 2.43.